The molecule has 1 heterocycles. The number of hydrogen-bond donors (Lipinski definition) is 2. The minimum atomic E-state index is -4.19. The Kier molecular flexibility index (Phi) is 9.56. The lowest BCUT2D eigenvalue weighted by Crippen LogP contribution is -2.31. The number of sulfone groups is 1. The van der Waals surface area contributed by atoms with Gasteiger partial charge in [-0.3, -0.25) is 10.1 Å². The van der Waals surface area contributed by atoms with Gasteiger partial charge in [0.05, 0.1) is 22.0 Å². The average molecular weight is 609 g/mol. The molecule has 1 aliphatic rings. The molecule has 1 aliphatic carbocycles. The Morgan fingerprint density at radius 3 is 2.46 bits per heavy atom. The fourth-order valence-corrected chi connectivity index (χ4v) is 4.52. The number of benzene rings is 1. The first-order valence-electron chi connectivity index (χ1n) is 11.7. The number of aryl methyl sites for hydroxylation is 1. The molecule has 0 radical (unpaired) electrons. The number of ether oxygens (including phenoxy) is 2. The maximum atomic E-state index is 12.3. The van der Waals surface area contributed by atoms with Crippen LogP contribution in [0.2, 0.25) is 0 Å². The second-order valence-electron chi connectivity index (χ2n) is 8.65. The number of nitrogens with zero attached hydrogens (tertiary/aromatic N) is 3. The number of aliphatic carboxylic acids is 1. The maximum absolute atomic E-state index is 12.3. The highest BCUT2D eigenvalue weighted by Crippen LogP contribution is 2.37. The van der Waals surface area contributed by atoms with Crippen LogP contribution >= 0.6 is 0 Å². The second-order valence-corrected chi connectivity index (χ2v) is 11.6. The number of carbonyl (C=O) groups is 2. The molecular formula is C24H24N4O11S2. The first-order chi connectivity index (χ1) is 19.2. The zero-order chi connectivity index (χ0) is 30.5. The monoisotopic (exact) mass is 608 g/mol. The molecule has 0 spiro atoms. The van der Waals surface area contributed by atoms with Gasteiger partial charge in [0.15, 0.2) is 0 Å². The summed E-state index contributed by atoms with van der Waals surface area (Å²) in [6, 6.07) is 2.54. The summed E-state index contributed by atoms with van der Waals surface area (Å²) >= 11 is 0. The van der Waals surface area contributed by atoms with Crippen molar-refractivity contribution in [2.75, 3.05) is 18.2 Å². The SMILES string of the molecule is CCOC(=O)c1cc(C)cc(Oc2nc(S(C)(=O)=O)nc(NC(CC3=CCC(=S(=O)=O)C=C3)C(=O)O)c2[N+](=O)[O-])c1. The van der Waals surface area contributed by atoms with E-state index < -0.39 is 65.6 Å². The fraction of sp³-hybridized carbons (Fsp3) is 0.292. The highest BCUT2D eigenvalue weighted by molar-refractivity contribution is 7.90. The van der Waals surface area contributed by atoms with E-state index in [9.17, 15) is 41.6 Å². The van der Waals surface area contributed by atoms with Crippen LogP contribution in [0, 0.1) is 17.0 Å². The van der Waals surface area contributed by atoms with Crippen molar-refractivity contribution in [1.82, 2.24) is 9.97 Å². The lowest BCUT2D eigenvalue weighted by atomic mass is 10.00. The molecule has 0 bridgehead atoms. The average Bonchev–Trinajstić information content (AvgIpc) is 2.87. The standard InChI is InChI=1S/C24H24N4O11S2/c1-4-38-23(31)15-9-13(2)10-16(12-15)39-21-19(28(32)33)20(26-24(27-21)41(3,36)37)25-18(22(29)30)11-14-5-7-17(8-6-14)40(34)35/h5-7,9-10,12,18H,4,8,11H2,1-3H3,(H,29,30)(H,25,26,27). The van der Waals surface area contributed by atoms with E-state index in [1.54, 1.807) is 13.8 Å². The zero-order valence-corrected chi connectivity index (χ0v) is 23.5. The van der Waals surface area contributed by atoms with E-state index in [2.05, 4.69) is 15.3 Å². The smallest absolute Gasteiger partial charge is 0.373 e. The molecule has 1 atom stereocenters. The topological polar surface area (TPSA) is 222 Å². The largest absolute Gasteiger partial charge is 0.480 e. The van der Waals surface area contributed by atoms with Crippen LogP contribution in [0.3, 0.4) is 0 Å². The van der Waals surface area contributed by atoms with Crippen molar-refractivity contribution in [3.05, 3.63) is 63.2 Å². The summed E-state index contributed by atoms with van der Waals surface area (Å²) in [5, 5.41) is 23.4. The molecule has 0 saturated heterocycles. The highest BCUT2D eigenvalue weighted by atomic mass is 32.2. The summed E-state index contributed by atoms with van der Waals surface area (Å²) in [6.07, 6.45) is 4.65. The summed E-state index contributed by atoms with van der Waals surface area (Å²) < 4.78 is 57.5. The van der Waals surface area contributed by atoms with E-state index in [4.69, 9.17) is 9.47 Å². The van der Waals surface area contributed by atoms with Gasteiger partial charge >= 0.3 is 23.5 Å². The lowest BCUT2D eigenvalue weighted by Gasteiger charge is -2.18. The van der Waals surface area contributed by atoms with Crippen molar-refractivity contribution in [3.8, 4) is 11.6 Å². The van der Waals surface area contributed by atoms with E-state index in [0.717, 1.165) is 6.26 Å². The molecule has 2 aromatic rings. The van der Waals surface area contributed by atoms with Gasteiger partial charge in [0.1, 0.15) is 11.8 Å². The molecule has 0 fully saturated rings. The van der Waals surface area contributed by atoms with Gasteiger partial charge < -0.3 is 19.9 Å². The van der Waals surface area contributed by atoms with Crippen LogP contribution in [0.4, 0.5) is 11.5 Å². The Morgan fingerprint density at radius 2 is 1.93 bits per heavy atom. The van der Waals surface area contributed by atoms with E-state index in [1.807, 2.05) is 0 Å². The first kappa shape index (κ1) is 30.9. The number of rotatable bonds is 11. The predicted molar refractivity (Wildman–Crippen MR) is 144 cm³/mol. The molecule has 1 aromatic carbocycles. The third-order valence-electron chi connectivity index (χ3n) is 5.43. The van der Waals surface area contributed by atoms with E-state index >= 15 is 0 Å². The van der Waals surface area contributed by atoms with Crippen molar-refractivity contribution in [1.29, 1.82) is 0 Å². The summed E-state index contributed by atoms with van der Waals surface area (Å²) in [7, 11) is -6.64. The minimum Gasteiger partial charge on any atom is -0.480 e. The summed E-state index contributed by atoms with van der Waals surface area (Å²) in [6.45, 7) is 3.30. The number of carbonyl (C=O) groups excluding carboxylic acids is 1. The third kappa shape index (κ3) is 7.95. The molecule has 0 amide bonds. The van der Waals surface area contributed by atoms with Crippen LogP contribution in [-0.4, -0.2) is 72.5 Å². The van der Waals surface area contributed by atoms with Gasteiger partial charge in [0.25, 0.3) is 5.16 Å². The molecule has 3 rings (SSSR count). The highest BCUT2D eigenvalue weighted by Gasteiger charge is 2.33. The van der Waals surface area contributed by atoms with Crippen molar-refractivity contribution in [3.63, 3.8) is 0 Å². The number of allylic oxidation sites excluding steroid dienone is 3. The maximum Gasteiger partial charge on any atom is 0.373 e. The van der Waals surface area contributed by atoms with E-state index in [-0.39, 0.29) is 35.6 Å². The van der Waals surface area contributed by atoms with Gasteiger partial charge in [-0.05, 0) is 49.3 Å². The number of carboxylic acids is 1. The molecule has 2 N–H and O–H groups in total. The number of esters is 1. The molecule has 0 saturated carbocycles. The first-order valence-corrected chi connectivity index (χ1v) is 14.7. The summed E-state index contributed by atoms with van der Waals surface area (Å²) in [4.78, 5) is 42.9. The Labute approximate surface area is 235 Å². The molecular weight excluding hydrogens is 584 g/mol. The Balaban J connectivity index is 2.09. The van der Waals surface area contributed by atoms with Gasteiger partial charge in [-0.15, -0.1) is 0 Å². The molecule has 0 aliphatic heterocycles. The van der Waals surface area contributed by atoms with Crippen molar-refractivity contribution < 1.29 is 45.9 Å². The van der Waals surface area contributed by atoms with Gasteiger partial charge in [0.2, 0.25) is 25.9 Å². The number of hydrogen-bond acceptors (Lipinski definition) is 13. The quantitative estimate of drug-likeness (QED) is 0.123. The lowest BCUT2D eigenvalue weighted by molar-refractivity contribution is -0.385. The van der Waals surface area contributed by atoms with Gasteiger partial charge in [-0.1, -0.05) is 12.2 Å². The normalized spacial score (nSPS) is 13.6. The molecule has 17 heteroatoms. The van der Waals surface area contributed by atoms with Crippen LogP contribution in [0.1, 0.15) is 35.7 Å². The molecule has 41 heavy (non-hydrogen) atoms. The van der Waals surface area contributed by atoms with Crippen molar-refractivity contribution in [2.45, 2.75) is 37.9 Å². The van der Waals surface area contributed by atoms with Crippen LogP contribution in [0.25, 0.3) is 0 Å². The summed E-state index contributed by atoms with van der Waals surface area (Å²) in [5.41, 5.74) is 0.00128. The van der Waals surface area contributed by atoms with Crippen LogP contribution in [0.15, 0.2) is 47.2 Å². The van der Waals surface area contributed by atoms with Crippen molar-refractivity contribution >= 4 is 48.4 Å². The fourth-order valence-electron chi connectivity index (χ4n) is 3.61. The molecule has 15 nitrogen and oxygen atoms in total. The number of nitro groups is 1. The number of aromatic nitrogens is 2. The number of nitrogens with one attached hydrogen (secondary N) is 1. The third-order valence-corrected chi connectivity index (χ3v) is 7.01. The van der Waals surface area contributed by atoms with Crippen LogP contribution < -0.4 is 10.1 Å². The van der Waals surface area contributed by atoms with Gasteiger partial charge in [-0.2, -0.15) is 18.4 Å². The Hall–Kier alpha value is -4.64. The molecule has 218 valence electrons. The van der Waals surface area contributed by atoms with E-state index in [1.165, 1.54) is 36.4 Å². The van der Waals surface area contributed by atoms with Crippen molar-refractivity contribution in [2.24, 2.45) is 0 Å². The Morgan fingerprint density at radius 1 is 1.22 bits per heavy atom. The van der Waals surface area contributed by atoms with Gasteiger partial charge in [0, 0.05) is 19.1 Å². The van der Waals surface area contributed by atoms with Crippen LogP contribution in [0.5, 0.6) is 11.6 Å². The Bertz CT molecular complexity index is 1720. The molecule has 1 unspecified atom stereocenters. The summed E-state index contributed by atoms with van der Waals surface area (Å²) in [5.74, 6) is -3.85. The predicted octanol–water partition coefficient (Wildman–Crippen LogP) is 2.26. The van der Waals surface area contributed by atoms with E-state index in [0.29, 0.717) is 11.1 Å². The second kappa shape index (κ2) is 12.7. The molecule has 1 aromatic heterocycles. The minimum absolute atomic E-state index is 0.0163. The number of carboxylic acid groups (broad SMARTS) is 1. The number of anilines is 1. The van der Waals surface area contributed by atoms with Crippen LogP contribution in [-0.2, 0) is 29.7 Å². The zero-order valence-electron chi connectivity index (χ0n) is 21.9. The van der Waals surface area contributed by atoms with Gasteiger partial charge in [-0.25, -0.2) is 18.0 Å².